The van der Waals surface area contributed by atoms with Gasteiger partial charge in [-0.3, -0.25) is 0 Å². The topological polar surface area (TPSA) is 27.7 Å². The van der Waals surface area contributed by atoms with Gasteiger partial charge in [0.15, 0.2) is 0 Å². The summed E-state index contributed by atoms with van der Waals surface area (Å²) < 4.78 is 17.9. The van der Waals surface area contributed by atoms with E-state index in [2.05, 4.69) is 61.4 Å². The highest BCUT2D eigenvalue weighted by molar-refractivity contribution is 9.09. The normalized spacial score (nSPS) is 19.6. The Morgan fingerprint density at radius 2 is 2.00 bits per heavy atom. The lowest BCUT2D eigenvalue weighted by Crippen LogP contribution is -2.46. The Hall–Kier alpha value is -0.363. The monoisotopic (exact) mass is 400 g/mol. The molecule has 0 unspecified atom stereocenters. The van der Waals surface area contributed by atoms with Crippen molar-refractivity contribution in [2.24, 2.45) is 0 Å². The van der Waals surface area contributed by atoms with Gasteiger partial charge in [-0.25, -0.2) is 0 Å². The molecule has 1 aliphatic heterocycles. The molecule has 0 N–H and O–H groups in total. The molecule has 1 aromatic carbocycles. The third kappa shape index (κ3) is 4.59. The van der Waals surface area contributed by atoms with Crippen molar-refractivity contribution in [1.29, 1.82) is 0 Å². The van der Waals surface area contributed by atoms with Crippen LogP contribution in [-0.2, 0) is 22.2 Å². The van der Waals surface area contributed by atoms with E-state index in [1.165, 1.54) is 5.56 Å². The van der Waals surface area contributed by atoms with E-state index in [1.54, 1.807) is 0 Å². The van der Waals surface area contributed by atoms with E-state index in [1.807, 2.05) is 13.8 Å². The number of halogens is 1. The van der Waals surface area contributed by atoms with Crippen LogP contribution in [0, 0.1) is 0 Å². The molecular formula is C18H29BrO3Si. The smallest absolute Gasteiger partial charge is 0.205 e. The maximum absolute atomic E-state index is 6.35. The molecule has 0 saturated heterocycles. The van der Waals surface area contributed by atoms with Gasteiger partial charge >= 0.3 is 0 Å². The first-order valence-electron chi connectivity index (χ1n) is 8.21. The zero-order valence-electron chi connectivity index (χ0n) is 15.2. The van der Waals surface area contributed by atoms with Crippen molar-refractivity contribution in [2.45, 2.75) is 65.0 Å². The molecule has 1 heterocycles. The van der Waals surface area contributed by atoms with Crippen LogP contribution in [-0.4, -0.2) is 25.7 Å². The van der Waals surface area contributed by atoms with E-state index >= 15 is 0 Å². The molecule has 0 aromatic heterocycles. The van der Waals surface area contributed by atoms with Crippen molar-refractivity contribution >= 4 is 24.2 Å². The van der Waals surface area contributed by atoms with Crippen molar-refractivity contribution in [2.75, 3.05) is 11.6 Å². The Kier molecular flexibility index (Phi) is 5.66. The van der Waals surface area contributed by atoms with Gasteiger partial charge in [0.25, 0.3) is 0 Å². The Labute approximate surface area is 150 Å². The average Bonchev–Trinajstić information content (AvgIpc) is 2.45. The van der Waals surface area contributed by atoms with E-state index in [-0.39, 0.29) is 5.04 Å². The first-order valence-corrected chi connectivity index (χ1v) is 11.9. The van der Waals surface area contributed by atoms with E-state index < -0.39 is 14.1 Å². The summed E-state index contributed by atoms with van der Waals surface area (Å²) in [6.07, 6.45) is 0.919. The summed E-state index contributed by atoms with van der Waals surface area (Å²) in [5.41, 5.74) is 2.40. The quantitative estimate of drug-likeness (QED) is 0.501. The zero-order valence-corrected chi connectivity index (χ0v) is 17.7. The van der Waals surface area contributed by atoms with Crippen molar-refractivity contribution in [3.63, 3.8) is 0 Å². The van der Waals surface area contributed by atoms with Gasteiger partial charge in [0.05, 0.1) is 6.61 Å². The van der Waals surface area contributed by atoms with Crippen LogP contribution in [0.5, 0.6) is 5.75 Å². The summed E-state index contributed by atoms with van der Waals surface area (Å²) in [5, 5.41) is 0.222. The molecule has 2 rings (SSSR count). The second-order valence-electron chi connectivity index (χ2n) is 7.95. The fourth-order valence-corrected chi connectivity index (χ4v) is 6.87. The van der Waals surface area contributed by atoms with E-state index in [0.717, 1.165) is 29.3 Å². The number of alkyl halides is 1. The van der Waals surface area contributed by atoms with Crippen LogP contribution in [0.4, 0.5) is 0 Å². The Bertz CT molecular complexity index is 554. The van der Waals surface area contributed by atoms with Gasteiger partial charge in [-0.2, -0.15) is 0 Å². The molecule has 0 amide bonds. The lowest BCUT2D eigenvalue weighted by Gasteiger charge is -2.38. The summed E-state index contributed by atoms with van der Waals surface area (Å²) in [5.74, 6) is 0.397. The van der Waals surface area contributed by atoms with Crippen molar-refractivity contribution in [3.8, 4) is 5.75 Å². The maximum atomic E-state index is 6.35. The molecule has 1 aromatic rings. The van der Waals surface area contributed by atoms with Gasteiger partial charge in [0.2, 0.25) is 14.1 Å². The molecule has 0 spiro atoms. The number of benzene rings is 1. The standard InChI is InChI=1S/C18H29BrO3Si/c1-17(2,3)23(6,13-19)21-10-9-14-7-8-16-15(11-14)12-20-18(4,5)22-16/h7-8,11H,9-10,12-13H2,1-6H3/t23-/m0/s1. The maximum Gasteiger partial charge on any atom is 0.205 e. The molecule has 0 fully saturated rings. The minimum atomic E-state index is -1.76. The highest BCUT2D eigenvalue weighted by Crippen LogP contribution is 2.38. The summed E-state index contributed by atoms with van der Waals surface area (Å²) >= 11 is 3.66. The van der Waals surface area contributed by atoms with E-state index in [9.17, 15) is 0 Å². The van der Waals surface area contributed by atoms with Crippen molar-refractivity contribution in [1.82, 2.24) is 0 Å². The number of hydrogen-bond donors (Lipinski definition) is 0. The summed E-state index contributed by atoms with van der Waals surface area (Å²) in [6, 6.07) is 6.37. The third-order valence-corrected chi connectivity index (χ3v) is 12.4. The fourth-order valence-electron chi connectivity index (χ4n) is 2.40. The van der Waals surface area contributed by atoms with E-state index in [4.69, 9.17) is 13.9 Å². The molecule has 0 saturated carbocycles. The molecule has 0 radical (unpaired) electrons. The van der Waals surface area contributed by atoms with Gasteiger partial charge in [0.1, 0.15) is 5.75 Å². The van der Waals surface area contributed by atoms with Gasteiger partial charge in [-0.15, -0.1) is 0 Å². The van der Waals surface area contributed by atoms with Crippen LogP contribution < -0.4 is 4.74 Å². The van der Waals surface area contributed by atoms with E-state index in [0.29, 0.717) is 6.61 Å². The van der Waals surface area contributed by atoms with Crippen LogP contribution in [0.1, 0.15) is 45.7 Å². The summed E-state index contributed by atoms with van der Waals surface area (Å²) in [4.78, 5) is 0.963. The molecule has 0 aliphatic carbocycles. The van der Waals surface area contributed by atoms with Crippen LogP contribution in [0.3, 0.4) is 0 Å². The Morgan fingerprint density at radius 1 is 1.30 bits per heavy atom. The molecule has 1 aliphatic rings. The first kappa shape index (κ1) is 19.0. The average molecular weight is 401 g/mol. The lowest BCUT2D eigenvalue weighted by molar-refractivity contribution is -0.180. The highest BCUT2D eigenvalue weighted by atomic mass is 79.9. The second kappa shape index (κ2) is 6.87. The van der Waals surface area contributed by atoms with Gasteiger partial charge in [0, 0.05) is 31.0 Å². The largest absolute Gasteiger partial charge is 0.463 e. The molecule has 1 atom stereocenters. The fraction of sp³-hybridized carbons (Fsp3) is 0.667. The van der Waals surface area contributed by atoms with Crippen LogP contribution in [0.15, 0.2) is 18.2 Å². The number of fused-ring (bicyclic) bond motifs is 1. The molecule has 23 heavy (non-hydrogen) atoms. The minimum absolute atomic E-state index is 0.222. The van der Waals surface area contributed by atoms with Crippen LogP contribution in [0.2, 0.25) is 11.6 Å². The number of rotatable bonds is 5. The molecule has 130 valence electrons. The number of hydrogen-bond acceptors (Lipinski definition) is 3. The van der Waals surface area contributed by atoms with Crippen molar-refractivity contribution in [3.05, 3.63) is 29.3 Å². The second-order valence-corrected chi connectivity index (χ2v) is 14.1. The van der Waals surface area contributed by atoms with Crippen molar-refractivity contribution < 1.29 is 13.9 Å². The number of ether oxygens (including phenoxy) is 2. The predicted octanol–water partition coefficient (Wildman–Crippen LogP) is 5.20. The third-order valence-electron chi connectivity index (χ3n) is 4.71. The van der Waals surface area contributed by atoms with Gasteiger partial charge in [-0.1, -0.05) is 42.8 Å². The minimum Gasteiger partial charge on any atom is -0.463 e. The molecular weight excluding hydrogens is 372 g/mol. The first-order chi connectivity index (χ1) is 10.6. The lowest BCUT2D eigenvalue weighted by atomic mass is 10.1. The van der Waals surface area contributed by atoms with Crippen LogP contribution in [0.25, 0.3) is 0 Å². The zero-order chi connectivity index (χ0) is 17.3. The molecule has 3 nitrogen and oxygen atoms in total. The highest BCUT2D eigenvalue weighted by Gasteiger charge is 2.40. The summed E-state index contributed by atoms with van der Waals surface area (Å²) in [7, 11) is -1.76. The SMILES string of the molecule is CC1(C)OCc2cc(CCO[Si@@](C)(CBr)C(C)(C)C)ccc2O1. The summed E-state index contributed by atoms with van der Waals surface area (Å²) in [6.45, 7) is 14.4. The molecule has 0 bridgehead atoms. The van der Waals surface area contributed by atoms with Crippen LogP contribution >= 0.6 is 15.9 Å². The van der Waals surface area contributed by atoms with Gasteiger partial charge < -0.3 is 13.9 Å². The van der Waals surface area contributed by atoms with Gasteiger partial charge in [-0.05, 0) is 35.7 Å². The Morgan fingerprint density at radius 3 is 2.61 bits per heavy atom. The molecule has 5 heteroatoms. The predicted molar refractivity (Wildman–Crippen MR) is 101 cm³/mol. The Balaban J connectivity index is 1.98.